The van der Waals surface area contributed by atoms with Crippen LogP contribution in [-0.4, -0.2) is 60.9 Å². The fraction of sp³-hybridized carbons (Fsp3) is 0.523. The number of allylic oxidation sites excluding steroid dienone is 2. The van der Waals surface area contributed by atoms with Gasteiger partial charge < -0.3 is 14.7 Å². The molecule has 2 saturated carbocycles. The first kappa shape index (κ1) is 37.5. The minimum Gasteiger partial charge on any atom is -0.481 e. The molecule has 0 spiro atoms. The largest absolute Gasteiger partial charge is 0.481 e. The van der Waals surface area contributed by atoms with Gasteiger partial charge in [0.05, 0.1) is 29.2 Å². The topological polar surface area (TPSA) is 115 Å². The first-order chi connectivity index (χ1) is 26.6. The minimum atomic E-state index is -1.15. The van der Waals surface area contributed by atoms with Crippen molar-refractivity contribution in [1.82, 2.24) is 19.4 Å². The third-order valence-electron chi connectivity index (χ3n) is 12.5. The van der Waals surface area contributed by atoms with Gasteiger partial charge in [0.15, 0.2) is 5.78 Å². The number of nitrogens with zero attached hydrogens (tertiary/aromatic N) is 4. The second kappa shape index (κ2) is 15.6. The number of ketones is 1. The van der Waals surface area contributed by atoms with Gasteiger partial charge in [-0.05, 0) is 94.5 Å². The molecule has 2 aromatic heterocycles. The van der Waals surface area contributed by atoms with Crippen LogP contribution in [0.25, 0.3) is 21.6 Å². The fourth-order valence-electron chi connectivity index (χ4n) is 9.38. The summed E-state index contributed by atoms with van der Waals surface area (Å²) in [6.45, 7) is 4.33. The third kappa shape index (κ3) is 7.61. The lowest BCUT2D eigenvalue weighted by molar-refractivity contribution is -0.147. The molecule has 2 aromatic carbocycles. The molecule has 4 aliphatic rings. The molecule has 4 heterocycles. The van der Waals surface area contributed by atoms with Gasteiger partial charge in [0.1, 0.15) is 22.4 Å². The number of fused-ring (bicyclic) bond motifs is 3. The van der Waals surface area contributed by atoms with Crippen molar-refractivity contribution in [3.8, 4) is 16.6 Å². The number of halogens is 1. The van der Waals surface area contributed by atoms with Crippen LogP contribution in [0.15, 0.2) is 60.0 Å². The molecule has 1 amide bonds. The zero-order chi connectivity index (χ0) is 38.3. The molecule has 11 heteroatoms. The summed E-state index contributed by atoms with van der Waals surface area (Å²) < 4.78 is 23.1. The molecule has 55 heavy (non-hydrogen) atoms. The zero-order valence-corrected chi connectivity index (χ0v) is 32.6. The van der Waals surface area contributed by atoms with E-state index in [4.69, 9.17) is 14.7 Å². The number of benzene rings is 2. The number of hydrogen-bond acceptors (Lipinski definition) is 7. The molecular weight excluding hydrogens is 716 g/mol. The monoisotopic (exact) mass is 766 g/mol. The number of rotatable bonds is 8. The Labute approximate surface area is 326 Å². The summed E-state index contributed by atoms with van der Waals surface area (Å²) in [4.78, 5) is 53.5. The number of carbonyl (C=O) groups excluding carboxylic acids is 2. The maximum Gasteiger partial charge on any atom is 0.310 e. The van der Waals surface area contributed by atoms with Gasteiger partial charge in [0.25, 0.3) is 6.01 Å². The molecule has 0 radical (unpaired) electrons. The average Bonchev–Trinajstić information content (AvgIpc) is 3.75. The van der Waals surface area contributed by atoms with Crippen LogP contribution in [-0.2, 0) is 20.8 Å². The van der Waals surface area contributed by atoms with Crippen molar-refractivity contribution in [1.29, 1.82) is 0 Å². The molecule has 8 rings (SSSR count). The van der Waals surface area contributed by atoms with Crippen molar-refractivity contribution in [3.05, 3.63) is 77.1 Å². The average molecular weight is 767 g/mol. The van der Waals surface area contributed by atoms with Gasteiger partial charge in [-0.3, -0.25) is 19.0 Å². The molecule has 2 aliphatic carbocycles. The number of aliphatic carboxylic acids is 1. The van der Waals surface area contributed by atoms with E-state index in [1.165, 1.54) is 37.8 Å². The van der Waals surface area contributed by atoms with Crippen LogP contribution in [0.4, 0.5) is 4.39 Å². The van der Waals surface area contributed by atoms with Gasteiger partial charge in [-0.1, -0.05) is 56.0 Å². The lowest BCUT2D eigenvalue weighted by Crippen LogP contribution is -2.45. The molecule has 3 fully saturated rings. The van der Waals surface area contributed by atoms with Crippen molar-refractivity contribution in [2.45, 2.75) is 121 Å². The Morgan fingerprint density at radius 3 is 2.64 bits per heavy atom. The lowest BCUT2D eigenvalue weighted by Gasteiger charge is -2.29. The molecule has 1 N–H and O–H groups in total. The van der Waals surface area contributed by atoms with Crippen molar-refractivity contribution in [3.63, 3.8) is 0 Å². The van der Waals surface area contributed by atoms with E-state index in [9.17, 15) is 23.9 Å². The lowest BCUT2D eigenvalue weighted by atomic mass is 9.90. The summed E-state index contributed by atoms with van der Waals surface area (Å²) in [6.07, 6.45) is 13.3. The Kier molecular flexibility index (Phi) is 10.7. The highest BCUT2D eigenvalue weighted by Crippen LogP contribution is 2.57. The number of Topliss-reactive ketones (excluding diaryl/α,β-unsaturated/α-hetero) is 1. The van der Waals surface area contributed by atoms with E-state index in [1.54, 1.807) is 22.3 Å². The summed E-state index contributed by atoms with van der Waals surface area (Å²) in [5.74, 6) is -1.89. The van der Waals surface area contributed by atoms with Crippen LogP contribution in [0.2, 0.25) is 0 Å². The summed E-state index contributed by atoms with van der Waals surface area (Å²) >= 11 is 1.65. The van der Waals surface area contributed by atoms with Gasteiger partial charge in [-0.2, -0.15) is 4.98 Å². The fourth-order valence-corrected chi connectivity index (χ4v) is 10.3. The molecule has 290 valence electrons. The van der Waals surface area contributed by atoms with Crippen molar-refractivity contribution < 1.29 is 28.6 Å². The molecule has 4 aromatic rings. The Balaban J connectivity index is 1.11. The van der Waals surface area contributed by atoms with E-state index in [1.807, 2.05) is 24.3 Å². The van der Waals surface area contributed by atoms with Crippen LogP contribution in [0.3, 0.4) is 0 Å². The number of thiazole rings is 1. The molecule has 1 saturated heterocycles. The summed E-state index contributed by atoms with van der Waals surface area (Å²) in [7, 11) is 0. The van der Waals surface area contributed by atoms with Crippen LogP contribution >= 0.6 is 11.3 Å². The molecule has 0 bridgehead atoms. The highest BCUT2D eigenvalue weighted by atomic mass is 32.1. The molecular formula is C44H51FN4O5S. The zero-order valence-electron chi connectivity index (χ0n) is 31.8. The molecule has 2 aliphatic heterocycles. The number of hydrogen-bond donors (Lipinski definition) is 1. The van der Waals surface area contributed by atoms with Gasteiger partial charge in [-0.15, -0.1) is 11.3 Å². The van der Waals surface area contributed by atoms with Gasteiger partial charge >= 0.3 is 5.97 Å². The van der Waals surface area contributed by atoms with Gasteiger partial charge in [-0.25, -0.2) is 9.37 Å². The maximum atomic E-state index is 14.7. The standard InChI is InChI=1S/C44H51FN4O5S/c1-27(2)49-36-19-11-18-34(40-46-35(26-55-40)29-13-8-9-14-29)39(36)47-43(49)54-33-22-37-38(50)24-44(42(52)53)23-31(44)16-7-5-3-4-6-15-30(41(51)48(37)25-33)20-28-12-10-17-32(45)21-28/h7,10-12,16-19,21,26-27,29-31,33,37H,3-6,8-9,13-15,20,22-25H2,1-2H3,(H,52,53)/b16-7-/t30-,31-,33-,37+,44-/m1/s1. The quantitative estimate of drug-likeness (QED) is 0.178. The van der Waals surface area contributed by atoms with E-state index in [0.717, 1.165) is 58.5 Å². The SMILES string of the molecule is CC(C)n1c(O[C@@H]2C[C@H]3C(=O)C[C@]4(C(=O)O)C[C@H]4/C=C\CCCCC[C@H](Cc4cccc(F)c4)C(=O)N3C2)nc2c(-c3nc(C4CCCC4)cs3)cccc21. The number of aromatic nitrogens is 3. The van der Waals surface area contributed by atoms with Crippen molar-refractivity contribution in [2.24, 2.45) is 17.3 Å². The van der Waals surface area contributed by atoms with Gasteiger partial charge in [0, 0.05) is 41.7 Å². The number of carbonyl (C=O) groups is 3. The smallest absolute Gasteiger partial charge is 0.310 e. The first-order valence-electron chi connectivity index (χ1n) is 20.2. The summed E-state index contributed by atoms with van der Waals surface area (Å²) in [5, 5.41) is 13.5. The van der Waals surface area contributed by atoms with E-state index in [-0.39, 0.29) is 48.9 Å². The maximum absolute atomic E-state index is 14.7. The van der Waals surface area contributed by atoms with E-state index in [0.29, 0.717) is 31.2 Å². The van der Waals surface area contributed by atoms with E-state index < -0.39 is 29.4 Å². The van der Waals surface area contributed by atoms with Crippen LogP contribution in [0, 0.1) is 23.1 Å². The second-order valence-corrected chi connectivity index (χ2v) is 17.4. The number of amides is 1. The number of imidazole rings is 1. The summed E-state index contributed by atoms with van der Waals surface area (Å²) in [5.41, 5.74) is 3.41. The molecule has 5 atom stereocenters. The highest BCUT2D eigenvalue weighted by molar-refractivity contribution is 7.13. The predicted molar refractivity (Wildman–Crippen MR) is 211 cm³/mol. The van der Waals surface area contributed by atoms with Crippen LogP contribution in [0.1, 0.15) is 114 Å². The van der Waals surface area contributed by atoms with E-state index in [2.05, 4.69) is 35.9 Å². The number of carboxylic acids is 1. The minimum absolute atomic E-state index is 0.00153. The van der Waals surface area contributed by atoms with Crippen LogP contribution in [0.5, 0.6) is 6.01 Å². The molecule has 0 unspecified atom stereocenters. The van der Waals surface area contributed by atoms with Gasteiger partial charge in [0.2, 0.25) is 5.91 Å². The highest BCUT2D eigenvalue weighted by Gasteiger charge is 2.61. The van der Waals surface area contributed by atoms with E-state index >= 15 is 0 Å². The Morgan fingerprint density at radius 2 is 1.85 bits per heavy atom. The third-order valence-corrected chi connectivity index (χ3v) is 13.4. The number of carboxylic acid groups (broad SMARTS) is 1. The second-order valence-electron chi connectivity index (χ2n) is 16.6. The Bertz CT molecular complexity index is 2100. The molecule has 9 nitrogen and oxygen atoms in total. The number of para-hydroxylation sites is 1. The first-order valence-corrected chi connectivity index (χ1v) is 21.1. The van der Waals surface area contributed by atoms with Crippen LogP contribution < -0.4 is 4.74 Å². The predicted octanol–water partition coefficient (Wildman–Crippen LogP) is 9.32. The normalized spacial score (nSPS) is 27.2. The number of ether oxygens (including phenoxy) is 1. The Morgan fingerprint density at radius 1 is 1.05 bits per heavy atom. The summed E-state index contributed by atoms with van der Waals surface area (Å²) in [6, 6.07) is 12.1. The van der Waals surface area contributed by atoms with Crippen molar-refractivity contribution >= 4 is 40.0 Å². The van der Waals surface area contributed by atoms with Crippen molar-refractivity contribution in [2.75, 3.05) is 6.54 Å². The Hall–Kier alpha value is -4.38.